The molecule has 120 valence electrons. The minimum atomic E-state index is -0.488. The number of anilines is 1. The Kier molecular flexibility index (Phi) is 3.88. The average molecular weight is 307 g/mol. The Morgan fingerprint density at radius 1 is 1.59 bits per heavy atom. The average Bonchev–Trinajstić information content (AvgIpc) is 2.82. The SMILES string of the molecule is CCCC(O)C1C(CO)CC1n1cnc2c(=O)[nH]c(N)nc21. The molecule has 3 rings (SSSR count). The summed E-state index contributed by atoms with van der Waals surface area (Å²) in [7, 11) is 0. The van der Waals surface area contributed by atoms with Gasteiger partial charge < -0.3 is 20.5 Å². The second kappa shape index (κ2) is 5.69. The second-order valence-corrected chi connectivity index (χ2v) is 5.95. The van der Waals surface area contributed by atoms with E-state index in [2.05, 4.69) is 15.0 Å². The normalized spacial score (nSPS) is 26.0. The first-order valence-corrected chi connectivity index (χ1v) is 7.58. The third-order valence-electron chi connectivity index (χ3n) is 4.60. The number of rotatable bonds is 5. The first-order valence-electron chi connectivity index (χ1n) is 7.58. The topological polar surface area (TPSA) is 130 Å². The molecule has 22 heavy (non-hydrogen) atoms. The van der Waals surface area contributed by atoms with Crippen LogP contribution in [-0.4, -0.2) is 42.4 Å². The zero-order chi connectivity index (χ0) is 15.9. The van der Waals surface area contributed by atoms with Crippen molar-refractivity contribution in [3.05, 3.63) is 16.7 Å². The number of aromatic amines is 1. The lowest BCUT2D eigenvalue weighted by Gasteiger charge is -2.47. The van der Waals surface area contributed by atoms with Crippen LogP contribution in [0, 0.1) is 11.8 Å². The summed E-state index contributed by atoms with van der Waals surface area (Å²) >= 11 is 0. The highest BCUT2D eigenvalue weighted by Crippen LogP contribution is 2.47. The van der Waals surface area contributed by atoms with E-state index < -0.39 is 6.10 Å². The molecule has 0 aliphatic heterocycles. The molecule has 0 radical (unpaired) electrons. The summed E-state index contributed by atoms with van der Waals surface area (Å²) in [6, 6.07) is -0.0302. The van der Waals surface area contributed by atoms with Crippen molar-refractivity contribution in [2.45, 2.75) is 38.3 Å². The van der Waals surface area contributed by atoms with Crippen molar-refractivity contribution in [1.82, 2.24) is 19.5 Å². The molecular formula is C14H21N5O3. The highest BCUT2D eigenvalue weighted by molar-refractivity contribution is 5.70. The summed E-state index contributed by atoms with van der Waals surface area (Å²) in [6.45, 7) is 2.06. The highest BCUT2D eigenvalue weighted by Gasteiger charge is 2.46. The molecule has 5 N–H and O–H groups in total. The molecule has 8 nitrogen and oxygen atoms in total. The molecule has 0 amide bonds. The van der Waals surface area contributed by atoms with Gasteiger partial charge in [0, 0.05) is 18.6 Å². The third kappa shape index (κ3) is 2.28. The molecule has 0 aromatic carbocycles. The van der Waals surface area contributed by atoms with E-state index in [1.165, 1.54) is 0 Å². The Bertz CT molecular complexity index is 725. The number of aromatic nitrogens is 4. The predicted molar refractivity (Wildman–Crippen MR) is 81.2 cm³/mol. The van der Waals surface area contributed by atoms with Crippen LogP contribution in [0.15, 0.2) is 11.1 Å². The Hall–Kier alpha value is -1.93. The van der Waals surface area contributed by atoms with Crippen molar-refractivity contribution < 1.29 is 10.2 Å². The minimum absolute atomic E-state index is 0.0302. The van der Waals surface area contributed by atoms with Gasteiger partial charge in [-0.05, 0) is 18.8 Å². The minimum Gasteiger partial charge on any atom is -0.396 e. The summed E-state index contributed by atoms with van der Waals surface area (Å²) in [5, 5.41) is 19.8. The van der Waals surface area contributed by atoms with Crippen LogP contribution >= 0.6 is 0 Å². The van der Waals surface area contributed by atoms with Gasteiger partial charge in [0.05, 0.1) is 12.4 Å². The number of hydrogen-bond acceptors (Lipinski definition) is 6. The van der Waals surface area contributed by atoms with E-state index in [0.29, 0.717) is 12.1 Å². The number of imidazole rings is 1. The maximum atomic E-state index is 11.8. The quantitative estimate of drug-likeness (QED) is 0.616. The van der Waals surface area contributed by atoms with Gasteiger partial charge in [0.25, 0.3) is 5.56 Å². The van der Waals surface area contributed by atoms with Crippen molar-refractivity contribution in [3.63, 3.8) is 0 Å². The molecule has 4 atom stereocenters. The number of nitrogens with one attached hydrogen (secondary N) is 1. The summed E-state index contributed by atoms with van der Waals surface area (Å²) in [6.07, 6.45) is 3.36. The lowest BCUT2D eigenvalue weighted by atomic mass is 9.66. The van der Waals surface area contributed by atoms with E-state index in [-0.39, 0.29) is 41.5 Å². The predicted octanol–water partition coefficient (Wildman–Crippen LogP) is 0.0323. The molecule has 2 aromatic rings. The molecule has 2 heterocycles. The molecule has 1 aliphatic carbocycles. The number of fused-ring (bicyclic) bond motifs is 1. The zero-order valence-electron chi connectivity index (χ0n) is 12.4. The Balaban J connectivity index is 1.98. The molecule has 8 heteroatoms. The van der Waals surface area contributed by atoms with E-state index in [4.69, 9.17) is 5.73 Å². The van der Waals surface area contributed by atoms with Crippen LogP contribution in [-0.2, 0) is 0 Å². The van der Waals surface area contributed by atoms with E-state index in [9.17, 15) is 15.0 Å². The van der Waals surface area contributed by atoms with E-state index in [0.717, 1.165) is 12.8 Å². The second-order valence-electron chi connectivity index (χ2n) is 5.95. The van der Waals surface area contributed by atoms with Gasteiger partial charge in [-0.25, -0.2) is 4.98 Å². The Morgan fingerprint density at radius 2 is 2.36 bits per heavy atom. The lowest BCUT2D eigenvalue weighted by Crippen LogP contribution is -2.47. The van der Waals surface area contributed by atoms with Gasteiger partial charge in [0.15, 0.2) is 11.2 Å². The van der Waals surface area contributed by atoms with Gasteiger partial charge in [0.1, 0.15) is 0 Å². The maximum Gasteiger partial charge on any atom is 0.280 e. The van der Waals surface area contributed by atoms with Crippen LogP contribution in [0.5, 0.6) is 0 Å². The monoisotopic (exact) mass is 307 g/mol. The first kappa shape index (κ1) is 15.0. The van der Waals surface area contributed by atoms with Gasteiger partial charge in [-0.1, -0.05) is 13.3 Å². The third-order valence-corrected chi connectivity index (χ3v) is 4.60. The summed E-state index contributed by atoms with van der Waals surface area (Å²) < 4.78 is 1.80. The highest BCUT2D eigenvalue weighted by atomic mass is 16.3. The molecular weight excluding hydrogens is 286 g/mol. The first-order chi connectivity index (χ1) is 10.6. The Labute approximate surface area is 127 Å². The summed E-state index contributed by atoms with van der Waals surface area (Å²) in [5.74, 6) is 0.0379. The molecule has 1 fully saturated rings. The van der Waals surface area contributed by atoms with E-state index in [1.807, 2.05) is 6.92 Å². The number of nitrogens with zero attached hydrogens (tertiary/aromatic N) is 3. The number of hydrogen-bond donors (Lipinski definition) is 4. The smallest absolute Gasteiger partial charge is 0.280 e. The van der Waals surface area contributed by atoms with Crippen molar-refractivity contribution in [1.29, 1.82) is 0 Å². The van der Waals surface area contributed by atoms with Gasteiger partial charge in [0.2, 0.25) is 5.95 Å². The fourth-order valence-electron chi connectivity index (χ4n) is 3.48. The number of aliphatic hydroxyl groups is 2. The fourth-order valence-corrected chi connectivity index (χ4v) is 3.48. The van der Waals surface area contributed by atoms with Crippen LogP contribution in [0.2, 0.25) is 0 Å². The van der Waals surface area contributed by atoms with Crippen LogP contribution in [0.3, 0.4) is 0 Å². The standard InChI is InChI=1S/C14H21N5O3/c1-2-3-9(21)10-7(5-20)4-8(10)19-6-16-11-12(19)17-14(15)18-13(11)22/h6-10,20-21H,2-5H2,1H3,(H3,15,17,18,22). The van der Waals surface area contributed by atoms with Crippen LogP contribution in [0.1, 0.15) is 32.2 Å². The number of nitrogens with two attached hydrogens (primary N) is 1. The Morgan fingerprint density at radius 3 is 3.05 bits per heavy atom. The van der Waals surface area contributed by atoms with E-state index >= 15 is 0 Å². The lowest BCUT2D eigenvalue weighted by molar-refractivity contribution is -0.0574. The van der Waals surface area contributed by atoms with Gasteiger partial charge >= 0.3 is 0 Å². The molecule has 1 aliphatic rings. The van der Waals surface area contributed by atoms with Gasteiger partial charge in [-0.15, -0.1) is 0 Å². The molecule has 0 saturated heterocycles. The van der Waals surface area contributed by atoms with Crippen LogP contribution in [0.4, 0.5) is 5.95 Å². The summed E-state index contributed by atoms with van der Waals surface area (Å²) in [4.78, 5) is 22.5. The molecule has 0 bridgehead atoms. The molecule has 0 spiro atoms. The molecule has 4 unspecified atom stereocenters. The number of nitrogen functional groups attached to an aromatic ring is 1. The van der Waals surface area contributed by atoms with Gasteiger partial charge in [-0.3, -0.25) is 9.78 Å². The van der Waals surface area contributed by atoms with Crippen molar-refractivity contribution in [3.8, 4) is 0 Å². The number of H-pyrrole nitrogens is 1. The van der Waals surface area contributed by atoms with Crippen LogP contribution < -0.4 is 11.3 Å². The van der Waals surface area contributed by atoms with Crippen molar-refractivity contribution >= 4 is 17.1 Å². The maximum absolute atomic E-state index is 11.8. The number of aliphatic hydroxyl groups excluding tert-OH is 2. The van der Waals surface area contributed by atoms with Crippen molar-refractivity contribution in [2.75, 3.05) is 12.3 Å². The van der Waals surface area contributed by atoms with Crippen molar-refractivity contribution in [2.24, 2.45) is 11.8 Å². The zero-order valence-corrected chi connectivity index (χ0v) is 12.4. The largest absolute Gasteiger partial charge is 0.396 e. The van der Waals surface area contributed by atoms with Crippen LogP contribution in [0.25, 0.3) is 11.2 Å². The molecule has 1 saturated carbocycles. The van der Waals surface area contributed by atoms with Gasteiger partial charge in [-0.2, -0.15) is 4.98 Å². The molecule has 2 aromatic heterocycles. The fraction of sp³-hybridized carbons (Fsp3) is 0.643. The van der Waals surface area contributed by atoms with E-state index in [1.54, 1.807) is 10.9 Å². The summed E-state index contributed by atoms with van der Waals surface area (Å²) in [5.41, 5.74) is 5.91.